The van der Waals surface area contributed by atoms with Crippen molar-refractivity contribution >= 4 is 34.1 Å². The van der Waals surface area contributed by atoms with Crippen molar-refractivity contribution < 1.29 is 19.5 Å². The normalized spacial score (nSPS) is 22.3. The summed E-state index contributed by atoms with van der Waals surface area (Å²) in [4.78, 5) is 37.0. The molecule has 7 heteroatoms. The number of amides is 2. The Morgan fingerprint density at radius 2 is 2.05 bits per heavy atom. The van der Waals surface area contributed by atoms with Crippen molar-refractivity contribution in [3.63, 3.8) is 0 Å². The number of carbonyl (C=O) groups is 3. The number of carbonyl (C=O) groups excluding carboxylic acids is 2. The van der Waals surface area contributed by atoms with E-state index in [1.165, 1.54) is 22.8 Å². The van der Waals surface area contributed by atoms with Crippen LogP contribution in [-0.2, 0) is 9.59 Å². The average molecular weight is 322 g/mol. The molecular weight excluding hydrogens is 304 g/mol. The summed E-state index contributed by atoms with van der Waals surface area (Å²) in [5, 5.41) is 13.6. The molecule has 2 amide bonds. The minimum Gasteiger partial charge on any atom is -0.478 e. The van der Waals surface area contributed by atoms with Gasteiger partial charge in [0.2, 0.25) is 11.8 Å². The second-order valence-electron chi connectivity index (χ2n) is 5.88. The molecule has 1 aromatic heterocycles. The van der Waals surface area contributed by atoms with Gasteiger partial charge in [0.15, 0.2) is 0 Å². The van der Waals surface area contributed by atoms with Gasteiger partial charge in [0.1, 0.15) is 0 Å². The Kier molecular flexibility index (Phi) is 4.15. The topological polar surface area (TPSA) is 86.7 Å². The Hall–Kier alpha value is -1.89. The first-order chi connectivity index (χ1) is 10.5. The van der Waals surface area contributed by atoms with Gasteiger partial charge in [-0.15, -0.1) is 11.3 Å². The van der Waals surface area contributed by atoms with E-state index in [0.717, 1.165) is 25.7 Å². The standard InChI is InChI=1S/C15H18N2O4S/c18-13-6-9(7-17(13)11-3-1-2-4-11)14(19)16-12-5-10(8-22-12)15(20)21/h5,8-9,11H,1-4,6-7H2,(H,16,19)(H,20,21). The molecular formula is C15H18N2O4S. The molecule has 1 saturated heterocycles. The van der Waals surface area contributed by atoms with Crippen molar-refractivity contribution in [3.05, 3.63) is 17.0 Å². The van der Waals surface area contributed by atoms with Crippen LogP contribution in [0, 0.1) is 5.92 Å². The fourth-order valence-corrected chi connectivity index (χ4v) is 3.99. The molecule has 1 atom stereocenters. The predicted molar refractivity (Wildman–Crippen MR) is 82.0 cm³/mol. The van der Waals surface area contributed by atoms with E-state index in [1.54, 1.807) is 0 Å². The van der Waals surface area contributed by atoms with Gasteiger partial charge in [0.05, 0.1) is 16.5 Å². The quantitative estimate of drug-likeness (QED) is 0.889. The summed E-state index contributed by atoms with van der Waals surface area (Å²) < 4.78 is 0. The Morgan fingerprint density at radius 1 is 1.32 bits per heavy atom. The molecule has 0 radical (unpaired) electrons. The van der Waals surface area contributed by atoms with Crippen molar-refractivity contribution in [1.29, 1.82) is 0 Å². The molecule has 1 unspecified atom stereocenters. The Labute approximate surface area is 132 Å². The first kappa shape index (κ1) is 15.0. The molecule has 1 aliphatic heterocycles. The van der Waals surface area contributed by atoms with Gasteiger partial charge >= 0.3 is 5.97 Å². The van der Waals surface area contributed by atoms with Crippen molar-refractivity contribution in [3.8, 4) is 0 Å². The lowest BCUT2D eigenvalue weighted by atomic mass is 10.1. The molecule has 1 aliphatic carbocycles. The molecule has 2 aliphatic rings. The SMILES string of the molecule is O=C(O)c1csc(NC(=O)C2CC(=O)N(C3CCCC3)C2)c1. The van der Waals surface area contributed by atoms with Crippen LogP contribution in [0.1, 0.15) is 42.5 Å². The molecule has 0 spiro atoms. The Morgan fingerprint density at radius 3 is 2.68 bits per heavy atom. The zero-order chi connectivity index (χ0) is 15.7. The molecule has 3 rings (SSSR count). The number of rotatable bonds is 4. The maximum atomic E-state index is 12.3. The summed E-state index contributed by atoms with van der Waals surface area (Å²) in [6.45, 7) is 0.479. The molecule has 2 N–H and O–H groups in total. The van der Waals surface area contributed by atoms with Crippen molar-refractivity contribution in [1.82, 2.24) is 4.90 Å². The number of carboxylic acids is 1. The maximum absolute atomic E-state index is 12.3. The van der Waals surface area contributed by atoms with E-state index < -0.39 is 5.97 Å². The van der Waals surface area contributed by atoms with Crippen LogP contribution in [0.25, 0.3) is 0 Å². The molecule has 1 aromatic rings. The molecule has 22 heavy (non-hydrogen) atoms. The molecule has 2 fully saturated rings. The molecule has 1 saturated carbocycles. The van der Waals surface area contributed by atoms with Gasteiger partial charge in [-0.2, -0.15) is 0 Å². The third-order valence-corrected chi connectivity index (χ3v) is 5.23. The zero-order valence-corrected chi connectivity index (χ0v) is 12.9. The van der Waals surface area contributed by atoms with Crippen LogP contribution in [0.2, 0.25) is 0 Å². The highest BCUT2D eigenvalue weighted by molar-refractivity contribution is 7.14. The summed E-state index contributed by atoms with van der Waals surface area (Å²) in [5.41, 5.74) is 0.162. The van der Waals surface area contributed by atoms with E-state index in [1.807, 2.05) is 4.90 Å². The van der Waals surface area contributed by atoms with Crippen LogP contribution < -0.4 is 5.32 Å². The highest BCUT2D eigenvalue weighted by atomic mass is 32.1. The van der Waals surface area contributed by atoms with Gasteiger partial charge in [-0.1, -0.05) is 12.8 Å². The fourth-order valence-electron chi connectivity index (χ4n) is 3.21. The molecule has 0 bridgehead atoms. The van der Waals surface area contributed by atoms with E-state index in [0.29, 0.717) is 17.6 Å². The van der Waals surface area contributed by atoms with Gasteiger partial charge in [0, 0.05) is 24.4 Å². The van der Waals surface area contributed by atoms with Crippen LogP contribution in [0.5, 0.6) is 0 Å². The second kappa shape index (κ2) is 6.08. The largest absolute Gasteiger partial charge is 0.478 e. The zero-order valence-electron chi connectivity index (χ0n) is 12.1. The number of nitrogens with zero attached hydrogens (tertiary/aromatic N) is 1. The number of thiophene rings is 1. The number of carboxylic acid groups (broad SMARTS) is 1. The highest BCUT2D eigenvalue weighted by Crippen LogP contribution is 2.30. The molecule has 6 nitrogen and oxygen atoms in total. The van der Waals surface area contributed by atoms with E-state index in [9.17, 15) is 14.4 Å². The first-order valence-electron chi connectivity index (χ1n) is 7.47. The van der Waals surface area contributed by atoms with Gasteiger partial charge in [-0.3, -0.25) is 9.59 Å². The van der Waals surface area contributed by atoms with E-state index >= 15 is 0 Å². The number of nitrogens with one attached hydrogen (secondary N) is 1. The van der Waals surface area contributed by atoms with Crippen LogP contribution >= 0.6 is 11.3 Å². The van der Waals surface area contributed by atoms with Gasteiger partial charge in [0.25, 0.3) is 0 Å². The number of hydrogen-bond donors (Lipinski definition) is 2. The van der Waals surface area contributed by atoms with Crippen molar-refractivity contribution in [2.45, 2.75) is 38.1 Å². The van der Waals surface area contributed by atoms with Gasteiger partial charge in [-0.05, 0) is 18.9 Å². The van der Waals surface area contributed by atoms with Crippen LogP contribution in [0.3, 0.4) is 0 Å². The predicted octanol–water partition coefficient (Wildman–Crippen LogP) is 2.18. The molecule has 2 heterocycles. The number of aromatic carboxylic acids is 1. The maximum Gasteiger partial charge on any atom is 0.336 e. The highest BCUT2D eigenvalue weighted by Gasteiger charge is 2.38. The summed E-state index contributed by atoms with van der Waals surface area (Å²) in [5.74, 6) is -1.50. The lowest BCUT2D eigenvalue weighted by molar-refractivity contribution is -0.129. The average Bonchev–Trinajstić information content (AvgIpc) is 3.17. The van der Waals surface area contributed by atoms with Crippen LogP contribution in [0.4, 0.5) is 5.00 Å². The van der Waals surface area contributed by atoms with Gasteiger partial charge < -0.3 is 15.3 Å². The first-order valence-corrected chi connectivity index (χ1v) is 8.34. The van der Waals surface area contributed by atoms with E-state index in [4.69, 9.17) is 5.11 Å². The summed E-state index contributed by atoms with van der Waals surface area (Å²) in [6, 6.07) is 1.74. The third kappa shape index (κ3) is 2.99. The van der Waals surface area contributed by atoms with Crippen LogP contribution in [0.15, 0.2) is 11.4 Å². The number of anilines is 1. The van der Waals surface area contributed by atoms with Gasteiger partial charge in [-0.25, -0.2) is 4.79 Å². The van der Waals surface area contributed by atoms with E-state index in [-0.39, 0.29) is 29.7 Å². The Bertz CT molecular complexity index is 606. The molecule has 0 aromatic carbocycles. The lowest BCUT2D eigenvalue weighted by Gasteiger charge is -2.23. The Balaban J connectivity index is 1.60. The monoisotopic (exact) mass is 322 g/mol. The van der Waals surface area contributed by atoms with Crippen molar-refractivity contribution in [2.24, 2.45) is 5.92 Å². The summed E-state index contributed by atoms with van der Waals surface area (Å²) >= 11 is 1.18. The summed E-state index contributed by atoms with van der Waals surface area (Å²) in [6.07, 6.45) is 4.62. The van der Waals surface area contributed by atoms with Crippen molar-refractivity contribution in [2.75, 3.05) is 11.9 Å². The third-order valence-electron chi connectivity index (χ3n) is 4.39. The minimum absolute atomic E-state index is 0.0597. The molecule has 118 valence electrons. The fraction of sp³-hybridized carbons (Fsp3) is 0.533. The summed E-state index contributed by atoms with van der Waals surface area (Å²) in [7, 11) is 0. The number of likely N-dealkylation sites (tertiary alicyclic amines) is 1. The van der Waals surface area contributed by atoms with E-state index in [2.05, 4.69) is 5.32 Å². The minimum atomic E-state index is -1.01. The second-order valence-corrected chi connectivity index (χ2v) is 6.79. The number of hydrogen-bond acceptors (Lipinski definition) is 4. The lowest BCUT2D eigenvalue weighted by Crippen LogP contribution is -2.35. The van der Waals surface area contributed by atoms with Crippen LogP contribution in [-0.4, -0.2) is 40.4 Å². The smallest absolute Gasteiger partial charge is 0.336 e.